The van der Waals surface area contributed by atoms with Crippen LogP contribution >= 0.6 is 11.6 Å². The number of nitrogens with one attached hydrogen (secondary N) is 1. The summed E-state index contributed by atoms with van der Waals surface area (Å²) in [5, 5.41) is 3.10. The summed E-state index contributed by atoms with van der Waals surface area (Å²) >= 11 is 5.98. The fraction of sp³-hybridized carbons (Fsp3) is 0.316. The van der Waals surface area contributed by atoms with Crippen LogP contribution in [-0.2, 0) is 23.0 Å². The molecular formula is C19H21ClN2O3S. The highest BCUT2D eigenvalue weighted by molar-refractivity contribution is 7.89. The van der Waals surface area contributed by atoms with Crippen molar-refractivity contribution in [3.05, 3.63) is 70.2 Å². The maximum atomic E-state index is 12.6. The molecule has 3 rings (SSSR count). The molecule has 0 bridgehead atoms. The van der Waals surface area contributed by atoms with E-state index in [2.05, 4.69) is 5.32 Å². The summed E-state index contributed by atoms with van der Waals surface area (Å²) in [6.45, 7) is 1.21. The number of hydrogen-bond acceptors (Lipinski definition) is 3. The van der Waals surface area contributed by atoms with E-state index < -0.39 is 10.0 Å². The van der Waals surface area contributed by atoms with Crippen molar-refractivity contribution in [3.63, 3.8) is 0 Å². The first kappa shape index (κ1) is 18.9. The number of benzene rings is 2. The Morgan fingerprint density at radius 1 is 1.08 bits per heavy atom. The van der Waals surface area contributed by atoms with Gasteiger partial charge in [-0.3, -0.25) is 4.79 Å². The van der Waals surface area contributed by atoms with Gasteiger partial charge >= 0.3 is 0 Å². The van der Waals surface area contributed by atoms with Crippen molar-refractivity contribution in [1.82, 2.24) is 9.62 Å². The van der Waals surface area contributed by atoms with Crippen LogP contribution in [0.1, 0.15) is 27.9 Å². The van der Waals surface area contributed by atoms with Crippen LogP contribution in [0.5, 0.6) is 0 Å². The van der Waals surface area contributed by atoms with E-state index >= 15 is 0 Å². The third-order valence-corrected chi connectivity index (χ3v) is 6.70. The summed E-state index contributed by atoms with van der Waals surface area (Å²) in [4.78, 5) is 12.1. The molecule has 1 heterocycles. The summed E-state index contributed by atoms with van der Waals surface area (Å²) in [5.74, 6) is -0.280. The van der Waals surface area contributed by atoms with E-state index in [0.717, 1.165) is 12.0 Å². The van der Waals surface area contributed by atoms with Gasteiger partial charge in [0.2, 0.25) is 10.0 Å². The molecule has 0 aliphatic carbocycles. The largest absolute Gasteiger partial charge is 0.352 e. The van der Waals surface area contributed by atoms with E-state index in [1.54, 1.807) is 24.3 Å². The lowest BCUT2D eigenvalue weighted by Crippen LogP contribution is -2.38. The Hall–Kier alpha value is -1.89. The molecule has 26 heavy (non-hydrogen) atoms. The van der Waals surface area contributed by atoms with Gasteiger partial charge in [0.1, 0.15) is 0 Å². The highest BCUT2D eigenvalue weighted by atomic mass is 35.5. The number of carbonyl (C=O) groups excluding carboxylic acids is 1. The summed E-state index contributed by atoms with van der Waals surface area (Å²) in [6.07, 6.45) is 1.09. The van der Waals surface area contributed by atoms with Crippen molar-refractivity contribution in [1.29, 1.82) is 0 Å². The molecule has 1 aliphatic heterocycles. The van der Waals surface area contributed by atoms with Gasteiger partial charge in [-0.15, -0.1) is 0 Å². The highest BCUT2D eigenvalue weighted by Crippen LogP contribution is 2.21. The van der Waals surface area contributed by atoms with Gasteiger partial charge in [0.05, 0.1) is 16.3 Å². The highest BCUT2D eigenvalue weighted by Gasteiger charge is 2.26. The molecule has 0 unspecified atom stereocenters. The third kappa shape index (κ3) is 4.44. The quantitative estimate of drug-likeness (QED) is 0.768. The van der Waals surface area contributed by atoms with Crippen LogP contribution in [0.2, 0.25) is 5.02 Å². The summed E-state index contributed by atoms with van der Waals surface area (Å²) < 4.78 is 26.6. The number of fused-ring (bicyclic) bond motifs is 1. The number of hydrogen-bond donors (Lipinski definition) is 1. The van der Waals surface area contributed by atoms with Crippen LogP contribution in [0.3, 0.4) is 0 Å². The van der Waals surface area contributed by atoms with Gasteiger partial charge in [-0.05, 0) is 36.1 Å². The van der Waals surface area contributed by atoms with E-state index in [1.807, 2.05) is 24.3 Å². The van der Waals surface area contributed by atoms with Crippen molar-refractivity contribution in [3.8, 4) is 0 Å². The van der Waals surface area contributed by atoms with Gasteiger partial charge in [-0.2, -0.15) is 4.31 Å². The van der Waals surface area contributed by atoms with Gasteiger partial charge in [-0.1, -0.05) is 48.0 Å². The van der Waals surface area contributed by atoms with Crippen LogP contribution in [0.4, 0.5) is 0 Å². The maximum Gasteiger partial charge on any atom is 0.252 e. The standard InChI is InChI=1S/C19H21ClN2O3S/c20-18-9-4-3-8-17(18)19(23)21-11-5-13-26(24,25)22-12-10-15-6-1-2-7-16(15)14-22/h1-4,6-9H,5,10-14H2,(H,21,23). The van der Waals surface area contributed by atoms with Crippen LogP contribution in [0.25, 0.3) is 0 Å². The molecule has 7 heteroatoms. The minimum absolute atomic E-state index is 0.0119. The van der Waals surface area contributed by atoms with Crippen LogP contribution < -0.4 is 5.32 Å². The molecule has 0 saturated heterocycles. The second-order valence-corrected chi connectivity index (χ2v) is 8.75. The lowest BCUT2D eigenvalue weighted by Gasteiger charge is -2.28. The number of halogens is 1. The minimum atomic E-state index is -3.34. The van der Waals surface area contributed by atoms with Gasteiger partial charge in [0.25, 0.3) is 5.91 Å². The van der Waals surface area contributed by atoms with Gasteiger partial charge in [-0.25, -0.2) is 8.42 Å². The van der Waals surface area contributed by atoms with Crippen LogP contribution in [0.15, 0.2) is 48.5 Å². The Kier molecular flexibility index (Phi) is 5.96. The number of sulfonamides is 1. The smallest absolute Gasteiger partial charge is 0.252 e. The van der Waals surface area contributed by atoms with Crippen LogP contribution in [-0.4, -0.2) is 37.5 Å². The molecule has 0 aromatic heterocycles. The lowest BCUT2D eigenvalue weighted by molar-refractivity contribution is 0.0954. The average molecular weight is 393 g/mol. The molecule has 1 amide bonds. The third-order valence-electron chi connectivity index (χ3n) is 4.47. The molecule has 0 fully saturated rings. The van der Waals surface area contributed by atoms with E-state index in [4.69, 9.17) is 11.6 Å². The molecular weight excluding hydrogens is 372 g/mol. The zero-order valence-corrected chi connectivity index (χ0v) is 15.9. The Labute approximate surface area is 159 Å². The molecule has 2 aromatic carbocycles. The Bertz CT molecular complexity index is 899. The number of amides is 1. The number of carbonyl (C=O) groups is 1. The fourth-order valence-electron chi connectivity index (χ4n) is 3.03. The number of rotatable bonds is 6. The average Bonchev–Trinajstić information content (AvgIpc) is 2.65. The first-order valence-electron chi connectivity index (χ1n) is 8.55. The van der Waals surface area contributed by atoms with Crippen molar-refractivity contribution >= 4 is 27.5 Å². The molecule has 0 saturated carbocycles. The summed E-state index contributed by atoms with van der Waals surface area (Å²) in [6, 6.07) is 14.7. The van der Waals surface area contributed by atoms with E-state index in [9.17, 15) is 13.2 Å². The summed E-state index contributed by atoms with van der Waals surface area (Å²) in [7, 11) is -3.34. The predicted octanol–water partition coefficient (Wildman–Crippen LogP) is 2.85. The Morgan fingerprint density at radius 2 is 1.77 bits per heavy atom. The SMILES string of the molecule is O=C(NCCCS(=O)(=O)N1CCc2ccccc2C1)c1ccccc1Cl. The number of nitrogens with zero attached hydrogens (tertiary/aromatic N) is 1. The topological polar surface area (TPSA) is 66.5 Å². The van der Waals surface area contributed by atoms with Crippen molar-refractivity contribution in [2.75, 3.05) is 18.8 Å². The molecule has 0 spiro atoms. The molecule has 5 nitrogen and oxygen atoms in total. The second kappa shape index (κ2) is 8.20. The van der Waals surface area contributed by atoms with Crippen LogP contribution in [0, 0.1) is 0 Å². The van der Waals surface area contributed by atoms with Gasteiger partial charge in [0.15, 0.2) is 0 Å². The summed E-state index contributed by atoms with van der Waals surface area (Å²) in [5.41, 5.74) is 2.67. The normalized spacial score (nSPS) is 14.7. The van der Waals surface area contributed by atoms with Gasteiger partial charge in [0, 0.05) is 19.6 Å². The predicted molar refractivity (Wildman–Crippen MR) is 103 cm³/mol. The van der Waals surface area contributed by atoms with E-state index in [1.165, 1.54) is 9.87 Å². The van der Waals surface area contributed by atoms with E-state index in [-0.39, 0.29) is 18.2 Å². The molecule has 138 valence electrons. The molecule has 2 aromatic rings. The minimum Gasteiger partial charge on any atom is -0.352 e. The monoisotopic (exact) mass is 392 g/mol. The molecule has 1 N–H and O–H groups in total. The van der Waals surface area contributed by atoms with Crippen molar-refractivity contribution in [2.45, 2.75) is 19.4 Å². The zero-order valence-electron chi connectivity index (χ0n) is 14.3. The fourth-order valence-corrected chi connectivity index (χ4v) is 4.73. The molecule has 0 atom stereocenters. The molecule has 1 aliphatic rings. The molecule has 0 radical (unpaired) electrons. The Balaban J connectivity index is 1.50. The lowest BCUT2D eigenvalue weighted by atomic mass is 10.0. The second-order valence-electron chi connectivity index (χ2n) is 6.26. The zero-order chi connectivity index (χ0) is 18.6. The van der Waals surface area contributed by atoms with E-state index in [0.29, 0.717) is 30.1 Å². The first-order chi connectivity index (χ1) is 12.5. The Morgan fingerprint density at radius 3 is 2.54 bits per heavy atom. The first-order valence-corrected chi connectivity index (χ1v) is 10.5. The van der Waals surface area contributed by atoms with Gasteiger partial charge < -0.3 is 5.32 Å². The van der Waals surface area contributed by atoms with Crippen molar-refractivity contribution < 1.29 is 13.2 Å². The van der Waals surface area contributed by atoms with Crippen molar-refractivity contribution in [2.24, 2.45) is 0 Å². The maximum absolute atomic E-state index is 12.6.